The summed E-state index contributed by atoms with van der Waals surface area (Å²) < 4.78 is 0. The van der Waals surface area contributed by atoms with Crippen LogP contribution in [0.3, 0.4) is 0 Å². The minimum absolute atomic E-state index is 0.171. The van der Waals surface area contributed by atoms with Crippen molar-refractivity contribution in [2.45, 2.75) is 31.8 Å². The van der Waals surface area contributed by atoms with E-state index in [0.717, 1.165) is 4.90 Å². The molecule has 1 rings (SSSR count). The van der Waals surface area contributed by atoms with Gasteiger partial charge in [-0.3, -0.25) is 24.6 Å². The molecule has 0 aromatic heterocycles. The highest BCUT2D eigenvalue weighted by molar-refractivity contribution is 6.00. The van der Waals surface area contributed by atoms with Gasteiger partial charge in [-0.2, -0.15) is 0 Å². The molecular weight excluding hydrogens is 210 g/mol. The summed E-state index contributed by atoms with van der Waals surface area (Å²) in [5.41, 5.74) is 0. The van der Waals surface area contributed by atoms with Gasteiger partial charge in [-0.05, 0) is 13.3 Å². The Balaban J connectivity index is 2.58. The van der Waals surface area contributed by atoms with Crippen molar-refractivity contribution in [3.63, 3.8) is 0 Å². The lowest BCUT2D eigenvalue weighted by atomic mass is 10.0. The molecule has 0 radical (unpaired) electrons. The smallest absolute Gasteiger partial charge is 0.246 e. The second-order valence-electron chi connectivity index (χ2n) is 3.88. The van der Waals surface area contributed by atoms with E-state index in [4.69, 9.17) is 0 Å². The first-order valence-corrected chi connectivity index (χ1v) is 5.25. The van der Waals surface area contributed by atoms with E-state index in [2.05, 4.69) is 10.6 Å². The van der Waals surface area contributed by atoms with Crippen molar-refractivity contribution in [1.29, 1.82) is 0 Å². The zero-order valence-corrected chi connectivity index (χ0v) is 9.74. The highest BCUT2D eigenvalue weighted by Gasteiger charge is 2.33. The lowest BCUT2D eigenvalue weighted by Gasteiger charge is -2.29. The van der Waals surface area contributed by atoms with Crippen molar-refractivity contribution >= 4 is 17.7 Å². The fourth-order valence-electron chi connectivity index (χ4n) is 1.66. The Hall–Kier alpha value is -1.43. The molecule has 0 spiro atoms. The van der Waals surface area contributed by atoms with Crippen LogP contribution in [-0.4, -0.2) is 48.8 Å². The van der Waals surface area contributed by atoms with Crippen molar-refractivity contribution < 1.29 is 14.4 Å². The number of nitrogens with one attached hydrogen (secondary N) is 2. The summed E-state index contributed by atoms with van der Waals surface area (Å²) in [6, 6.07) is -0.893. The van der Waals surface area contributed by atoms with E-state index in [1.165, 1.54) is 7.05 Å². The minimum Gasteiger partial charge on any atom is -0.358 e. The molecular formula is C10H17N3O3. The number of nitrogens with zero attached hydrogens (tertiary/aromatic N) is 1. The summed E-state index contributed by atoms with van der Waals surface area (Å²) in [5, 5.41) is 5.41. The number of piperidine rings is 1. The molecule has 0 saturated carbocycles. The van der Waals surface area contributed by atoms with Gasteiger partial charge in [0.25, 0.3) is 0 Å². The molecule has 1 heterocycles. The Morgan fingerprint density at radius 1 is 1.50 bits per heavy atom. The Bertz CT molecular complexity index is 316. The summed E-state index contributed by atoms with van der Waals surface area (Å²) in [5.74, 6) is -0.616. The number of imide groups is 1. The molecule has 90 valence electrons. The second-order valence-corrected chi connectivity index (χ2v) is 3.88. The normalized spacial score (nSPS) is 23.2. The van der Waals surface area contributed by atoms with Crippen molar-refractivity contribution in [3.05, 3.63) is 0 Å². The van der Waals surface area contributed by atoms with Crippen LogP contribution in [0.5, 0.6) is 0 Å². The molecule has 2 N–H and O–H groups in total. The maximum atomic E-state index is 11.7. The van der Waals surface area contributed by atoms with Gasteiger partial charge < -0.3 is 5.32 Å². The van der Waals surface area contributed by atoms with Gasteiger partial charge in [-0.25, -0.2) is 0 Å². The molecule has 2 atom stereocenters. The molecule has 1 aliphatic heterocycles. The molecule has 2 unspecified atom stereocenters. The molecule has 0 aliphatic carbocycles. The zero-order chi connectivity index (χ0) is 12.3. The summed E-state index contributed by atoms with van der Waals surface area (Å²) in [4.78, 5) is 35.3. The van der Waals surface area contributed by atoms with E-state index < -0.39 is 12.1 Å². The van der Waals surface area contributed by atoms with Crippen LogP contribution in [-0.2, 0) is 14.4 Å². The van der Waals surface area contributed by atoms with Gasteiger partial charge in [0.2, 0.25) is 17.7 Å². The molecule has 0 aromatic carbocycles. The Morgan fingerprint density at radius 2 is 2.12 bits per heavy atom. The van der Waals surface area contributed by atoms with Crippen molar-refractivity contribution in [3.8, 4) is 0 Å². The first-order chi connectivity index (χ1) is 7.47. The molecule has 0 aromatic rings. The van der Waals surface area contributed by atoms with E-state index in [9.17, 15) is 14.4 Å². The maximum Gasteiger partial charge on any atom is 0.246 e. The summed E-state index contributed by atoms with van der Waals surface area (Å²) in [6.07, 6.45) is 0.781. The van der Waals surface area contributed by atoms with E-state index in [1.54, 1.807) is 14.0 Å². The predicted octanol–water partition coefficient (Wildman–Crippen LogP) is -1.14. The fourth-order valence-corrected chi connectivity index (χ4v) is 1.66. The lowest BCUT2D eigenvalue weighted by molar-refractivity contribution is -0.148. The largest absolute Gasteiger partial charge is 0.358 e. The number of amides is 3. The molecule has 1 aliphatic rings. The van der Waals surface area contributed by atoms with Crippen LogP contribution in [0.1, 0.15) is 19.8 Å². The van der Waals surface area contributed by atoms with Gasteiger partial charge >= 0.3 is 0 Å². The standard InChI is InChI=1S/C10H17N3O3/c1-6(9(15)11-2)12-7-4-5-8(14)13(3)10(7)16/h6-7,12H,4-5H2,1-3H3,(H,11,15). The van der Waals surface area contributed by atoms with Gasteiger partial charge in [0, 0.05) is 20.5 Å². The molecule has 16 heavy (non-hydrogen) atoms. The SMILES string of the molecule is CNC(=O)C(C)NC1CCC(=O)N(C)C1=O. The second kappa shape index (κ2) is 5.07. The van der Waals surface area contributed by atoms with E-state index in [1.807, 2.05) is 0 Å². The third-order valence-electron chi connectivity index (χ3n) is 2.74. The van der Waals surface area contributed by atoms with Crippen LogP contribution >= 0.6 is 0 Å². The van der Waals surface area contributed by atoms with Gasteiger partial charge in [0.15, 0.2) is 0 Å². The minimum atomic E-state index is -0.449. The fraction of sp³-hybridized carbons (Fsp3) is 0.700. The van der Waals surface area contributed by atoms with Gasteiger partial charge in [-0.15, -0.1) is 0 Å². The van der Waals surface area contributed by atoms with Gasteiger partial charge in [-0.1, -0.05) is 0 Å². The molecule has 1 fully saturated rings. The molecule has 6 heteroatoms. The average molecular weight is 227 g/mol. The van der Waals surface area contributed by atoms with Crippen LogP contribution in [0.2, 0.25) is 0 Å². The lowest BCUT2D eigenvalue weighted by Crippen LogP contribution is -2.55. The highest BCUT2D eigenvalue weighted by atomic mass is 16.2. The Labute approximate surface area is 94.4 Å². The maximum absolute atomic E-state index is 11.7. The van der Waals surface area contributed by atoms with Crippen LogP contribution in [0.15, 0.2) is 0 Å². The van der Waals surface area contributed by atoms with Crippen molar-refractivity contribution in [1.82, 2.24) is 15.5 Å². The summed E-state index contributed by atoms with van der Waals surface area (Å²) in [7, 11) is 3.00. The number of hydrogen-bond acceptors (Lipinski definition) is 4. The van der Waals surface area contributed by atoms with Crippen molar-refractivity contribution in [2.24, 2.45) is 0 Å². The zero-order valence-electron chi connectivity index (χ0n) is 9.74. The molecule has 0 bridgehead atoms. The third kappa shape index (κ3) is 2.57. The van der Waals surface area contributed by atoms with Gasteiger partial charge in [0.05, 0.1) is 12.1 Å². The van der Waals surface area contributed by atoms with Crippen molar-refractivity contribution in [2.75, 3.05) is 14.1 Å². The number of carbonyl (C=O) groups is 3. The number of hydrogen-bond donors (Lipinski definition) is 2. The molecule has 6 nitrogen and oxygen atoms in total. The van der Waals surface area contributed by atoms with E-state index in [0.29, 0.717) is 12.8 Å². The average Bonchev–Trinajstić information content (AvgIpc) is 2.28. The molecule has 1 saturated heterocycles. The first kappa shape index (κ1) is 12.6. The molecule has 3 amide bonds. The Morgan fingerprint density at radius 3 is 2.69 bits per heavy atom. The van der Waals surface area contributed by atoms with Crippen LogP contribution in [0.4, 0.5) is 0 Å². The predicted molar refractivity (Wildman–Crippen MR) is 57.5 cm³/mol. The van der Waals surface area contributed by atoms with Crippen LogP contribution < -0.4 is 10.6 Å². The number of likely N-dealkylation sites (tertiary alicyclic amines) is 1. The quantitative estimate of drug-likeness (QED) is 0.597. The van der Waals surface area contributed by atoms with Gasteiger partial charge in [0.1, 0.15) is 0 Å². The summed E-state index contributed by atoms with van der Waals surface area (Å²) in [6.45, 7) is 1.68. The van der Waals surface area contributed by atoms with E-state index in [-0.39, 0.29) is 17.7 Å². The third-order valence-corrected chi connectivity index (χ3v) is 2.74. The van der Waals surface area contributed by atoms with Crippen LogP contribution in [0.25, 0.3) is 0 Å². The number of carbonyl (C=O) groups excluding carboxylic acids is 3. The topological polar surface area (TPSA) is 78.5 Å². The van der Waals surface area contributed by atoms with E-state index >= 15 is 0 Å². The number of rotatable bonds is 3. The monoisotopic (exact) mass is 227 g/mol. The van der Waals surface area contributed by atoms with Crippen LogP contribution in [0, 0.1) is 0 Å². The first-order valence-electron chi connectivity index (χ1n) is 5.25. The summed E-state index contributed by atoms with van der Waals surface area (Å²) >= 11 is 0. The number of likely N-dealkylation sites (N-methyl/N-ethyl adjacent to an activating group) is 2. The Kier molecular flexibility index (Phi) is 4.00. The highest BCUT2D eigenvalue weighted by Crippen LogP contribution is 2.11.